The molecule has 0 saturated carbocycles. The molecule has 4 nitrogen and oxygen atoms in total. The summed E-state index contributed by atoms with van der Waals surface area (Å²) in [4.78, 5) is 14.4. The zero-order chi connectivity index (χ0) is 13.3. The molecule has 1 aromatic rings. The molecule has 0 aliphatic carbocycles. The van der Waals surface area contributed by atoms with Gasteiger partial charge in [-0.3, -0.25) is 9.48 Å². The Morgan fingerprint density at radius 3 is 2.83 bits per heavy atom. The van der Waals surface area contributed by atoms with Gasteiger partial charge < -0.3 is 4.90 Å². The molecule has 4 heteroatoms. The van der Waals surface area contributed by atoms with E-state index in [9.17, 15) is 4.79 Å². The third-order valence-corrected chi connectivity index (χ3v) is 3.58. The summed E-state index contributed by atoms with van der Waals surface area (Å²) in [6.45, 7) is 7.33. The highest BCUT2D eigenvalue weighted by Gasteiger charge is 2.28. The summed E-state index contributed by atoms with van der Waals surface area (Å²) in [5.74, 6) is 0.693. The lowest BCUT2D eigenvalue weighted by Gasteiger charge is -2.21. The number of carbonyl (C=O) groups excluding carboxylic acids is 1. The summed E-state index contributed by atoms with van der Waals surface area (Å²) in [5.41, 5.74) is 1.74. The number of hydrogen-bond acceptors (Lipinski definition) is 2. The van der Waals surface area contributed by atoms with Crippen LogP contribution in [0, 0.1) is 5.92 Å². The second-order valence-electron chi connectivity index (χ2n) is 5.73. The molecule has 1 atom stereocenters. The van der Waals surface area contributed by atoms with Gasteiger partial charge in [0.1, 0.15) is 5.69 Å². The molecule has 0 aromatic carbocycles. The Labute approximate surface area is 109 Å². The molecule has 2 heterocycles. The summed E-state index contributed by atoms with van der Waals surface area (Å²) in [7, 11) is 1.86. The quantitative estimate of drug-likeness (QED) is 0.824. The van der Waals surface area contributed by atoms with E-state index in [1.807, 2.05) is 18.0 Å². The van der Waals surface area contributed by atoms with Crippen molar-refractivity contribution in [1.29, 1.82) is 0 Å². The van der Waals surface area contributed by atoms with E-state index in [1.54, 1.807) is 4.68 Å². The van der Waals surface area contributed by atoms with E-state index >= 15 is 0 Å². The minimum atomic E-state index is 0.130. The zero-order valence-corrected chi connectivity index (χ0v) is 11.8. The van der Waals surface area contributed by atoms with Crippen molar-refractivity contribution in [2.75, 3.05) is 6.54 Å². The van der Waals surface area contributed by atoms with Gasteiger partial charge in [-0.15, -0.1) is 0 Å². The van der Waals surface area contributed by atoms with Crippen molar-refractivity contribution in [2.24, 2.45) is 13.0 Å². The van der Waals surface area contributed by atoms with Crippen LogP contribution in [-0.4, -0.2) is 33.2 Å². The first-order valence-corrected chi connectivity index (χ1v) is 6.83. The highest BCUT2D eigenvalue weighted by atomic mass is 16.2. The Bertz CT molecular complexity index is 436. The van der Waals surface area contributed by atoms with E-state index in [-0.39, 0.29) is 5.91 Å². The summed E-state index contributed by atoms with van der Waals surface area (Å²) >= 11 is 0. The minimum Gasteiger partial charge on any atom is -0.335 e. The summed E-state index contributed by atoms with van der Waals surface area (Å²) in [6, 6.07) is 2.31. The second kappa shape index (κ2) is 5.12. The van der Waals surface area contributed by atoms with Gasteiger partial charge in [0, 0.05) is 19.6 Å². The molecule has 1 fully saturated rings. The fourth-order valence-electron chi connectivity index (χ4n) is 2.63. The lowest BCUT2D eigenvalue weighted by atomic mass is 10.1. The van der Waals surface area contributed by atoms with Crippen molar-refractivity contribution in [1.82, 2.24) is 14.7 Å². The third kappa shape index (κ3) is 2.57. The summed E-state index contributed by atoms with van der Waals surface area (Å²) in [5, 5.41) is 4.44. The maximum Gasteiger partial charge on any atom is 0.272 e. The van der Waals surface area contributed by atoms with Crippen LogP contribution in [0.1, 0.15) is 49.8 Å². The molecule has 0 radical (unpaired) electrons. The Hall–Kier alpha value is -1.32. The Kier molecular flexibility index (Phi) is 3.73. The SMILES string of the molecule is CC(C)Cc1cc(C(=O)N2CCCC2C)n(C)n1. The van der Waals surface area contributed by atoms with Gasteiger partial charge in [0.25, 0.3) is 5.91 Å². The largest absolute Gasteiger partial charge is 0.335 e. The topological polar surface area (TPSA) is 38.1 Å². The zero-order valence-electron chi connectivity index (χ0n) is 11.8. The highest BCUT2D eigenvalue weighted by Crippen LogP contribution is 2.20. The van der Waals surface area contributed by atoms with Gasteiger partial charge in [0.2, 0.25) is 0 Å². The Morgan fingerprint density at radius 2 is 2.28 bits per heavy atom. The predicted molar refractivity (Wildman–Crippen MR) is 71.5 cm³/mol. The molecule has 0 bridgehead atoms. The van der Waals surface area contributed by atoms with E-state index in [4.69, 9.17) is 0 Å². The van der Waals surface area contributed by atoms with Crippen LogP contribution in [-0.2, 0) is 13.5 Å². The van der Waals surface area contributed by atoms with Crippen molar-refractivity contribution in [2.45, 2.75) is 46.1 Å². The van der Waals surface area contributed by atoms with Gasteiger partial charge in [0.05, 0.1) is 5.69 Å². The normalized spacial score (nSPS) is 19.8. The average molecular weight is 249 g/mol. The van der Waals surface area contributed by atoms with E-state index in [0.717, 1.165) is 37.2 Å². The van der Waals surface area contributed by atoms with Crippen molar-refractivity contribution in [3.05, 3.63) is 17.5 Å². The number of carbonyl (C=O) groups is 1. The van der Waals surface area contributed by atoms with E-state index in [1.165, 1.54) is 0 Å². The molecular weight excluding hydrogens is 226 g/mol. The van der Waals surface area contributed by atoms with Crippen molar-refractivity contribution < 1.29 is 4.79 Å². The number of hydrogen-bond donors (Lipinski definition) is 0. The molecule has 1 aliphatic rings. The number of aromatic nitrogens is 2. The highest BCUT2D eigenvalue weighted by molar-refractivity contribution is 5.93. The number of rotatable bonds is 3. The molecule has 1 amide bonds. The van der Waals surface area contributed by atoms with Crippen LogP contribution in [0.4, 0.5) is 0 Å². The van der Waals surface area contributed by atoms with E-state index in [2.05, 4.69) is 25.9 Å². The van der Waals surface area contributed by atoms with Crippen LogP contribution in [0.5, 0.6) is 0 Å². The molecule has 18 heavy (non-hydrogen) atoms. The Morgan fingerprint density at radius 1 is 1.56 bits per heavy atom. The molecule has 0 N–H and O–H groups in total. The first-order chi connectivity index (χ1) is 8.49. The fraction of sp³-hybridized carbons (Fsp3) is 0.714. The molecule has 2 rings (SSSR count). The van der Waals surface area contributed by atoms with E-state index < -0.39 is 0 Å². The molecule has 100 valence electrons. The molecule has 0 spiro atoms. The van der Waals surface area contributed by atoms with Crippen LogP contribution >= 0.6 is 0 Å². The third-order valence-electron chi connectivity index (χ3n) is 3.58. The van der Waals surface area contributed by atoms with Crippen molar-refractivity contribution in [3.63, 3.8) is 0 Å². The number of aryl methyl sites for hydroxylation is 1. The maximum atomic E-state index is 12.4. The average Bonchev–Trinajstić information content (AvgIpc) is 2.83. The Balaban J connectivity index is 2.17. The van der Waals surface area contributed by atoms with Gasteiger partial charge in [-0.25, -0.2) is 0 Å². The van der Waals surface area contributed by atoms with Gasteiger partial charge in [0.15, 0.2) is 0 Å². The predicted octanol–water partition coefficient (Wildman–Crippen LogP) is 2.24. The first kappa shape index (κ1) is 13.1. The van der Waals surface area contributed by atoms with Gasteiger partial charge in [-0.2, -0.15) is 5.10 Å². The van der Waals surface area contributed by atoms with Crippen LogP contribution in [0.3, 0.4) is 0 Å². The minimum absolute atomic E-state index is 0.130. The summed E-state index contributed by atoms with van der Waals surface area (Å²) < 4.78 is 1.73. The monoisotopic (exact) mass is 249 g/mol. The maximum absolute atomic E-state index is 12.4. The first-order valence-electron chi connectivity index (χ1n) is 6.83. The molecule has 1 aliphatic heterocycles. The van der Waals surface area contributed by atoms with Crippen LogP contribution in [0.25, 0.3) is 0 Å². The molecular formula is C14H23N3O. The molecule has 1 aromatic heterocycles. The lowest BCUT2D eigenvalue weighted by Crippen LogP contribution is -2.34. The van der Waals surface area contributed by atoms with Crippen LogP contribution in [0.15, 0.2) is 6.07 Å². The van der Waals surface area contributed by atoms with Gasteiger partial charge >= 0.3 is 0 Å². The fourth-order valence-corrected chi connectivity index (χ4v) is 2.63. The number of nitrogens with zero attached hydrogens (tertiary/aromatic N) is 3. The van der Waals surface area contributed by atoms with Gasteiger partial charge in [-0.05, 0) is 38.2 Å². The standard InChI is InChI=1S/C14H23N3O/c1-10(2)8-12-9-13(16(4)15-12)14(18)17-7-5-6-11(17)3/h9-11H,5-8H2,1-4H3. The van der Waals surface area contributed by atoms with E-state index in [0.29, 0.717) is 12.0 Å². The van der Waals surface area contributed by atoms with Crippen LogP contribution in [0.2, 0.25) is 0 Å². The van der Waals surface area contributed by atoms with Crippen molar-refractivity contribution >= 4 is 5.91 Å². The van der Waals surface area contributed by atoms with Crippen molar-refractivity contribution in [3.8, 4) is 0 Å². The summed E-state index contributed by atoms with van der Waals surface area (Å²) in [6.07, 6.45) is 3.16. The second-order valence-corrected chi connectivity index (χ2v) is 5.73. The lowest BCUT2D eigenvalue weighted by molar-refractivity contribution is 0.0736. The number of likely N-dealkylation sites (tertiary alicyclic amines) is 1. The molecule has 1 unspecified atom stereocenters. The van der Waals surface area contributed by atoms with Gasteiger partial charge in [-0.1, -0.05) is 13.8 Å². The molecule has 1 saturated heterocycles. The van der Waals surface area contributed by atoms with Crippen LogP contribution < -0.4 is 0 Å². The smallest absolute Gasteiger partial charge is 0.272 e. The number of amides is 1.